The third-order valence-electron chi connectivity index (χ3n) is 4.12. The lowest BCUT2D eigenvalue weighted by molar-refractivity contribution is -0.148. The molecule has 2 rings (SSSR count). The molecule has 3 N–H and O–H groups in total. The fraction of sp³-hybridized carbons (Fsp3) is 0.421. The highest BCUT2D eigenvalue weighted by molar-refractivity contribution is 7.80. The molecular weight excluding hydrogens is 420 g/mol. The van der Waals surface area contributed by atoms with Gasteiger partial charge in [-0.2, -0.15) is 0 Å². The number of carbonyl (C=O) groups excluding carboxylic acids is 1. The Hall–Kier alpha value is -2.52. The molecule has 10 heteroatoms. The van der Waals surface area contributed by atoms with Crippen molar-refractivity contribution < 1.29 is 28.9 Å². The minimum Gasteiger partial charge on any atom is -0.493 e. The Bertz CT molecular complexity index is 829. The van der Waals surface area contributed by atoms with Gasteiger partial charge in [-0.15, -0.1) is 0 Å². The van der Waals surface area contributed by atoms with Crippen molar-refractivity contribution in [2.24, 2.45) is 5.92 Å². The van der Waals surface area contributed by atoms with Crippen molar-refractivity contribution >= 4 is 40.9 Å². The van der Waals surface area contributed by atoms with Crippen LogP contribution in [-0.2, 0) is 14.3 Å². The highest BCUT2D eigenvalue weighted by Crippen LogP contribution is 2.42. The molecule has 1 fully saturated rings. The molecule has 1 aliphatic heterocycles. The quantitative estimate of drug-likeness (QED) is 0.413. The summed E-state index contributed by atoms with van der Waals surface area (Å²) in [7, 11) is 1.41. The van der Waals surface area contributed by atoms with Crippen molar-refractivity contribution in [2.75, 3.05) is 20.3 Å². The first kappa shape index (κ1) is 22.8. The number of carboxylic acids is 1. The van der Waals surface area contributed by atoms with Gasteiger partial charge >= 0.3 is 11.9 Å². The summed E-state index contributed by atoms with van der Waals surface area (Å²) in [5.41, 5.74) is 1.02. The van der Waals surface area contributed by atoms with Crippen LogP contribution in [0.5, 0.6) is 11.5 Å². The standard InChI is InChI=1S/C19H23ClN2O6S/c1-4-6-12-15(18(25)27-5-2)16(22-19(29)21-12)11-7-10(20)8-13(26-3)17(11)28-9-14(23)24/h6-8,15-16H,4-5,9H2,1-3H3,(H,23,24)(H2,21,22,29)/b12-6+/t15-,16+/m1/s1. The van der Waals surface area contributed by atoms with Gasteiger partial charge in [0, 0.05) is 22.3 Å². The Labute approximate surface area is 179 Å². The molecule has 0 aromatic heterocycles. The number of methoxy groups -OCH3 is 1. The number of carbonyl (C=O) groups is 2. The number of esters is 1. The Balaban J connectivity index is 2.64. The molecule has 2 atom stereocenters. The van der Waals surface area contributed by atoms with E-state index in [0.29, 0.717) is 27.8 Å². The predicted molar refractivity (Wildman–Crippen MR) is 111 cm³/mol. The number of rotatable bonds is 8. The number of halogens is 1. The molecule has 29 heavy (non-hydrogen) atoms. The van der Waals surface area contributed by atoms with Crippen LogP contribution in [0.15, 0.2) is 23.9 Å². The van der Waals surface area contributed by atoms with E-state index in [2.05, 4.69) is 10.6 Å². The Kier molecular flexibility index (Phi) is 8.10. The van der Waals surface area contributed by atoms with E-state index >= 15 is 0 Å². The second kappa shape index (κ2) is 10.3. The minimum absolute atomic E-state index is 0.159. The zero-order valence-corrected chi connectivity index (χ0v) is 17.9. The lowest BCUT2D eigenvalue weighted by atomic mass is 9.87. The van der Waals surface area contributed by atoms with Crippen LogP contribution in [0.4, 0.5) is 0 Å². The molecule has 1 heterocycles. The average Bonchev–Trinajstić information content (AvgIpc) is 2.66. The zero-order valence-electron chi connectivity index (χ0n) is 16.3. The van der Waals surface area contributed by atoms with Gasteiger partial charge in [-0.1, -0.05) is 24.6 Å². The number of thiocarbonyl (C=S) groups is 1. The van der Waals surface area contributed by atoms with Crippen molar-refractivity contribution in [3.8, 4) is 11.5 Å². The Morgan fingerprint density at radius 2 is 2.07 bits per heavy atom. The number of nitrogens with one attached hydrogen (secondary N) is 2. The van der Waals surface area contributed by atoms with Crippen LogP contribution < -0.4 is 20.1 Å². The first-order valence-electron chi connectivity index (χ1n) is 8.98. The van der Waals surface area contributed by atoms with E-state index in [1.807, 2.05) is 13.0 Å². The molecule has 0 unspecified atom stereocenters. The number of hydrogen-bond acceptors (Lipinski definition) is 6. The zero-order chi connectivity index (χ0) is 21.6. The van der Waals surface area contributed by atoms with Gasteiger partial charge in [0.1, 0.15) is 5.92 Å². The van der Waals surface area contributed by atoms with Crippen molar-refractivity contribution in [1.29, 1.82) is 0 Å². The average molecular weight is 443 g/mol. The molecule has 1 aromatic carbocycles. The summed E-state index contributed by atoms with van der Waals surface area (Å²) in [6, 6.07) is 2.38. The molecule has 1 aliphatic rings. The SMILES string of the molecule is CC/C=C1/NC(=S)N[C@@H](c2cc(Cl)cc(OC)c2OCC(=O)O)[C@@H]1C(=O)OCC. The van der Waals surface area contributed by atoms with Crippen molar-refractivity contribution in [1.82, 2.24) is 10.6 Å². The number of hydrogen-bond donors (Lipinski definition) is 3. The summed E-state index contributed by atoms with van der Waals surface area (Å²) in [4.78, 5) is 23.9. The summed E-state index contributed by atoms with van der Waals surface area (Å²) in [6.07, 6.45) is 2.51. The third kappa shape index (κ3) is 5.51. The van der Waals surface area contributed by atoms with Gasteiger partial charge in [-0.25, -0.2) is 4.79 Å². The largest absolute Gasteiger partial charge is 0.493 e. The van der Waals surface area contributed by atoms with Crippen LogP contribution in [0, 0.1) is 5.92 Å². The number of carboxylic acid groups (broad SMARTS) is 1. The number of ether oxygens (including phenoxy) is 3. The Morgan fingerprint density at radius 1 is 1.34 bits per heavy atom. The summed E-state index contributed by atoms with van der Waals surface area (Å²) in [5, 5.41) is 15.7. The van der Waals surface area contributed by atoms with Crippen LogP contribution in [0.25, 0.3) is 0 Å². The van der Waals surface area contributed by atoms with Gasteiger partial charge < -0.3 is 30.0 Å². The van der Waals surface area contributed by atoms with Crippen LogP contribution >= 0.6 is 23.8 Å². The highest BCUT2D eigenvalue weighted by Gasteiger charge is 2.40. The van der Waals surface area contributed by atoms with Crippen molar-refractivity contribution in [3.05, 3.63) is 34.5 Å². The van der Waals surface area contributed by atoms with E-state index in [0.717, 1.165) is 0 Å². The van der Waals surface area contributed by atoms with Gasteiger partial charge in [-0.05, 0) is 31.6 Å². The lowest BCUT2D eigenvalue weighted by Gasteiger charge is -2.36. The smallest absolute Gasteiger partial charge is 0.341 e. The summed E-state index contributed by atoms with van der Waals surface area (Å²) in [5.74, 6) is -2.01. The second-order valence-corrected chi connectivity index (χ2v) is 6.93. The van der Waals surface area contributed by atoms with Gasteiger partial charge in [0.15, 0.2) is 23.2 Å². The highest BCUT2D eigenvalue weighted by atomic mass is 35.5. The number of benzene rings is 1. The molecule has 0 amide bonds. The third-order valence-corrected chi connectivity index (χ3v) is 4.56. The van der Waals surface area contributed by atoms with Crippen LogP contribution in [0.2, 0.25) is 5.02 Å². The van der Waals surface area contributed by atoms with E-state index in [1.165, 1.54) is 13.2 Å². The lowest BCUT2D eigenvalue weighted by Crippen LogP contribution is -2.51. The molecule has 0 aliphatic carbocycles. The van der Waals surface area contributed by atoms with E-state index < -0.39 is 30.5 Å². The van der Waals surface area contributed by atoms with Gasteiger partial charge in [-0.3, -0.25) is 4.79 Å². The van der Waals surface area contributed by atoms with Crippen LogP contribution in [-0.4, -0.2) is 42.5 Å². The van der Waals surface area contributed by atoms with E-state index in [9.17, 15) is 9.59 Å². The van der Waals surface area contributed by atoms with E-state index in [-0.39, 0.29) is 18.1 Å². The van der Waals surface area contributed by atoms with Gasteiger partial charge in [0.25, 0.3) is 0 Å². The maximum absolute atomic E-state index is 12.8. The molecule has 0 bridgehead atoms. The van der Waals surface area contributed by atoms with Crippen molar-refractivity contribution in [3.63, 3.8) is 0 Å². The molecule has 0 spiro atoms. The maximum Gasteiger partial charge on any atom is 0.341 e. The maximum atomic E-state index is 12.8. The molecular formula is C19H23ClN2O6S. The first-order valence-corrected chi connectivity index (χ1v) is 9.77. The van der Waals surface area contributed by atoms with Gasteiger partial charge in [0.05, 0.1) is 19.8 Å². The summed E-state index contributed by atoms with van der Waals surface area (Å²) >= 11 is 11.6. The monoisotopic (exact) mass is 442 g/mol. The summed E-state index contributed by atoms with van der Waals surface area (Å²) in [6.45, 7) is 3.25. The second-order valence-electron chi connectivity index (χ2n) is 6.08. The van der Waals surface area contributed by atoms with E-state index in [4.69, 9.17) is 43.1 Å². The molecule has 1 aromatic rings. The fourth-order valence-electron chi connectivity index (χ4n) is 3.06. The van der Waals surface area contributed by atoms with E-state index in [1.54, 1.807) is 13.0 Å². The molecule has 0 saturated carbocycles. The molecule has 0 radical (unpaired) electrons. The molecule has 158 valence electrons. The van der Waals surface area contributed by atoms with Gasteiger partial charge in [0.2, 0.25) is 0 Å². The number of allylic oxidation sites excluding steroid dienone is 1. The molecule has 8 nitrogen and oxygen atoms in total. The summed E-state index contributed by atoms with van der Waals surface area (Å²) < 4.78 is 16.1. The first-order chi connectivity index (χ1) is 13.8. The van der Waals surface area contributed by atoms with Crippen molar-refractivity contribution in [2.45, 2.75) is 26.3 Å². The van der Waals surface area contributed by atoms with Crippen LogP contribution in [0.1, 0.15) is 31.9 Å². The predicted octanol–water partition coefficient (Wildman–Crippen LogP) is 2.80. The minimum atomic E-state index is -1.16. The fourth-order valence-corrected chi connectivity index (χ4v) is 3.52. The Morgan fingerprint density at radius 3 is 2.66 bits per heavy atom. The van der Waals surface area contributed by atoms with Crippen LogP contribution in [0.3, 0.4) is 0 Å². The normalized spacial score (nSPS) is 19.9. The topological polar surface area (TPSA) is 106 Å². The number of aliphatic carboxylic acids is 1. The molecule has 1 saturated heterocycles.